The zero-order chi connectivity index (χ0) is 21.8. The monoisotopic (exact) mass is 547 g/mol. The molecule has 0 radical (unpaired) electrons. The van der Waals surface area contributed by atoms with E-state index in [1.165, 1.54) is 0 Å². The van der Waals surface area contributed by atoms with Crippen LogP contribution in [-0.4, -0.2) is 73.4 Å². The summed E-state index contributed by atoms with van der Waals surface area (Å²) in [5.41, 5.74) is 0.908. The number of ether oxygens (including phenoxy) is 1. The molecule has 1 aliphatic rings. The summed E-state index contributed by atoms with van der Waals surface area (Å²) in [6.07, 6.45) is 1.34. The number of carbonyl (C=O) groups is 1. The Balaban J connectivity index is 0.00000480. The van der Waals surface area contributed by atoms with Crippen molar-refractivity contribution in [3.63, 3.8) is 0 Å². The lowest BCUT2D eigenvalue weighted by Crippen LogP contribution is -2.52. The Morgan fingerprint density at radius 2 is 2.00 bits per heavy atom. The molecule has 0 bridgehead atoms. The second-order valence-corrected chi connectivity index (χ2v) is 7.93. The molecule has 4 N–H and O–H groups in total. The largest absolute Gasteiger partial charge is 0.387 e. The zero-order valence-corrected chi connectivity index (χ0v) is 21.3. The Bertz CT molecular complexity index is 693. The van der Waals surface area contributed by atoms with Crippen LogP contribution in [0.15, 0.2) is 29.3 Å². The van der Waals surface area contributed by atoms with E-state index in [2.05, 4.69) is 25.8 Å². The molecule has 31 heavy (non-hydrogen) atoms. The summed E-state index contributed by atoms with van der Waals surface area (Å²) in [6.45, 7) is 11.1. The van der Waals surface area contributed by atoms with Gasteiger partial charge >= 0.3 is 0 Å². The lowest BCUT2D eigenvalue weighted by molar-refractivity contribution is -0.116. The first-order chi connectivity index (χ1) is 14.4. The molecule has 1 unspecified atom stereocenters. The maximum Gasteiger partial charge on any atom is 0.224 e. The van der Waals surface area contributed by atoms with E-state index in [0.29, 0.717) is 45.2 Å². The SMILES string of the molecule is CCCC(=O)Nc1cccc(CN=C(NCC)NCC(C)(O)CN2CCOCC2)c1.I. The van der Waals surface area contributed by atoms with E-state index < -0.39 is 5.60 Å². The normalized spacial score (nSPS) is 16.7. The van der Waals surface area contributed by atoms with Gasteiger partial charge in [0, 0.05) is 44.8 Å². The van der Waals surface area contributed by atoms with Gasteiger partial charge in [0.15, 0.2) is 5.96 Å². The molecular formula is C22H38IN5O3. The fraction of sp³-hybridized carbons (Fsp3) is 0.636. The van der Waals surface area contributed by atoms with Crippen LogP contribution in [-0.2, 0) is 16.1 Å². The second kappa shape index (κ2) is 14.6. The highest BCUT2D eigenvalue weighted by molar-refractivity contribution is 14.0. The summed E-state index contributed by atoms with van der Waals surface area (Å²) in [6, 6.07) is 7.72. The first-order valence-electron chi connectivity index (χ1n) is 10.9. The molecule has 1 amide bonds. The third-order valence-corrected chi connectivity index (χ3v) is 4.76. The third-order valence-electron chi connectivity index (χ3n) is 4.76. The Kier molecular flexibility index (Phi) is 13.0. The lowest BCUT2D eigenvalue weighted by Gasteiger charge is -2.34. The smallest absolute Gasteiger partial charge is 0.224 e. The molecule has 2 rings (SSSR count). The zero-order valence-electron chi connectivity index (χ0n) is 18.9. The number of aliphatic imine (C=N–C) groups is 1. The van der Waals surface area contributed by atoms with Crippen LogP contribution in [0.25, 0.3) is 0 Å². The van der Waals surface area contributed by atoms with Gasteiger partial charge < -0.3 is 25.8 Å². The summed E-state index contributed by atoms with van der Waals surface area (Å²) in [5.74, 6) is 0.677. The molecule has 1 aromatic rings. The fourth-order valence-corrected chi connectivity index (χ4v) is 3.28. The van der Waals surface area contributed by atoms with Crippen molar-refractivity contribution >= 4 is 41.5 Å². The lowest BCUT2D eigenvalue weighted by atomic mass is 10.1. The predicted molar refractivity (Wildman–Crippen MR) is 136 cm³/mol. The van der Waals surface area contributed by atoms with Crippen molar-refractivity contribution in [2.24, 2.45) is 4.99 Å². The van der Waals surface area contributed by atoms with Gasteiger partial charge in [0.25, 0.3) is 0 Å². The van der Waals surface area contributed by atoms with Crippen LogP contribution >= 0.6 is 24.0 Å². The van der Waals surface area contributed by atoms with Crippen LogP contribution in [0.2, 0.25) is 0 Å². The summed E-state index contributed by atoms with van der Waals surface area (Å²) < 4.78 is 5.37. The van der Waals surface area contributed by atoms with Gasteiger partial charge in [-0.05, 0) is 38.0 Å². The Morgan fingerprint density at radius 3 is 2.68 bits per heavy atom. The van der Waals surface area contributed by atoms with Crippen molar-refractivity contribution in [3.05, 3.63) is 29.8 Å². The average Bonchev–Trinajstić information content (AvgIpc) is 2.71. The average molecular weight is 547 g/mol. The minimum atomic E-state index is -0.878. The van der Waals surface area contributed by atoms with Gasteiger partial charge in [0.1, 0.15) is 0 Å². The van der Waals surface area contributed by atoms with Crippen molar-refractivity contribution < 1.29 is 14.6 Å². The molecule has 0 saturated carbocycles. The Hall–Kier alpha value is -1.43. The molecule has 176 valence electrons. The van der Waals surface area contributed by atoms with E-state index in [0.717, 1.165) is 37.3 Å². The number of anilines is 1. The minimum absolute atomic E-state index is 0. The molecule has 1 aliphatic heterocycles. The molecule has 0 aromatic heterocycles. The molecule has 9 heteroatoms. The number of benzene rings is 1. The van der Waals surface area contributed by atoms with Gasteiger partial charge in [-0.3, -0.25) is 9.69 Å². The number of morpholine rings is 1. The number of hydrogen-bond donors (Lipinski definition) is 4. The maximum atomic E-state index is 11.8. The van der Waals surface area contributed by atoms with Gasteiger partial charge in [-0.1, -0.05) is 19.1 Å². The molecule has 0 spiro atoms. The van der Waals surface area contributed by atoms with Gasteiger partial charge in [0.2, 0.25) is 5.91 Å². The quantitative estimate of drug-likeness (QED) is 0.204. The van der Waals surface area contributed by atoms with E-state index in [1.54, 1.807) is 0 Å². The van der Waals surface area contributed by atoms with Gasteiger partial charge in [0.05, 0.1) is 25.4 Å². The van der Waals surface area contributed by atoms with E-state index in [9.17, 15) is 9.90 Å². The number of guanidine groups is 1. The number of aliphatic hydroxyl groups is 1. The number of amides is 1. The third kappa shape index (κ3) is 11.1. The van der Waals surface area contributed by atoms with Crippen molar-refractivity contribution in [3.8, 4) is 0 Å². The second-order valence-electron chi connectivity index (χ2n) is 7.93. The highest BCUT2D eigenvalue weighted by Crippen LogP contribution is 2.12. The topological polar surface area (TPSA) is 98.2 Å². The molecular weight excluding hydrogens is 509 g/mol. The first kappa shape index (κ1) is 27.6. The number of carbonyl (C=O) groups excluding carboxylic acids is 1. The number of nitrogens with one attached hydrogen (secondary N) is 3. The Labute approximate surface area is 203 Å². The molecule has 1 saturated heterocycles. The van der Waals surface area contributed by atoms with Crippen LogP contribution < -0.4 is 16.0 Å². The summed E-state index contributed by atoms with van der Waals surface area (Å²) >= 11 is 0. The Morgan fingerprint density at radius 1 is 1.26 bits per heavy atom. The standard InChI is InChI=1S/C22H37N5O3.HI/c1-4-7-20(28)26-19-9-6-8-18(14-19)15-24-21(23-5-2)25-16-22(3,29)17-27-10-12-30-13-11-27;/h6,8-9,14,29H,4-5,7,10-13,15-17H2,1-3H3,(H,26,28)(H2,23,24,25);1H. The molecule has 1 aromatic carbocycles. The first-order valence-corrected chi connectivity index (χ1v) is 10.9. The fourth-order valence-electron chi connectivity index (χ4n) is 3.28. The van der Waals surface area contributed by atoms with Crippen LogP contribution in [0, 0.1) is 0 Å². The maximum absolute atomic E-state index is 11.8. The van der Waals surface area contributed by atoms with Crippen molar-refractivity contribution in [2.75, 3.05) is 51.3 Å². The summed E-state index contributed by atoms with van der Waals surface area (Å²) in [5, 5.41) is 20.1. The molecule has 1 fully saturated rings. The molecule has 1 atom stereocenters. The molecule has 8 nitrogen and oxygen atoms in total. The number of rotatable bonds is 10. The van der Waals surface area contributed by atoms with Crippen molar-refractivity contribution in [1.29, 1.82) is 0 Å². The van der Waals surface area contributed by atoms with Gasteiger partial charge in [-0.15, -0.1) is 24.0 Å². The summed E-state index contributed by atoms with van der Waals surface area (Å²) in [4.78, 5) is 18.6. The van der Waals surface area contributed by atoms with Gasteiger partial charge in [-0.25, -0.2) is 4.99 Å². The van der Waals surface area contributed by atoms with Crippen LogP contribution in [0.1, 0.15) is 39.2 Å². The van der Waals surface area contributed by atoms with E-state index in [1.807, 2.05) is 45.0 Å². The van der Waals surface area contributed by atoms with E-state index >= 15 is 0 Å². The number of hydrogen-bond acceptors (Lipinski definition) is 5. The highest BCUT2D eigenvalue weighted by Gasteiger charge is 2.25. The van der Waals surface area contributed by atoms with Gasteiger partial charge in [-0.2, -0.15) is 0 Å². The number of nitrogens with zero attached hydrogens (tertiary/aromatic N) is 2. The van der Waals surface area contributed by atoms with E-state index in [4.69, 9.17) is 4.74 Å². The predicted octanol–water partition coefficient (Wildman–Crippen LogP) is 2.18. The van der Waals surface area contributed by atoms with Crippen LogP contribution in [0.4, 0.5) is 5.69 Å². The molecule has 0 aliphatic carbocycles. The van der Waals surface area contributed by atoms with Crippen LogP contribution in [0.3, 0.4) is 0 Å². The van der Waals surface area contributed by atoms with Crippen molar-refractivity contribution in [2.45, 2.75) is 45.8 Å². The highest BCUT2D eigenvalue weighted by atomic mass is 127. The summed E-state index contributed by atoms with van der Waals surface area (Å²) in [7, 11) is 0. The number of halogens is 1. The minimum Gasteiger partial charge on any atom is -0.387 e. The van der Waals surface area contributed by atoms with Crippen LogP contribution in [0.5, 0.6) is 0 Å². The number of β-amino-alcohol motifs (C(OH)–C–C–N with tert-alkyl or cyclic N) is 1. The van der Waals surface area contributed by atoms with E-state index in [-0.39, 0.29) is 29.9 Å². The van der Waals surface area contributed by atoms with Crippen molar-refractivity contribution in [1.82, 2.24) is 15.5 Å². The molecule has 1 heterocycles.